The molecular formula is C42H29N3O. The Hall–Kier alpha value is -6.26. The van der Waals surface area contributed by atoms with Crippen LogP contribution in [0.2, 0.25) is 0 Å². The molecule has 0 aliphatic rings. The first-order chi connectivity index (χ1) is 22.7. The minimum atomic E-state index is 0.191. The second kappa shape index (κ2) is 11.7. The van der Waals surface area contributed by atoms with Gasteiger partial charge in [0.1, 0.15) is 11.4 Å². The van der Waals surface area contributed by atoms with Crippen molar-refractivity contribution >= 4 is 5.65 Å². The van der Waals surface area contributed by atoms with E-state index in [-0.39, 0.29) is 5.75 Å². The lowest BCUT2D eigenvalue weighted by Gasteiger charge is -2.13. The number of fused-ring (bicyclic) bond motifs is 1. The van der Waals surface area contributed by atoms with Crippen LogP contribution in [-0.2, 0) is 0 Å². The molecule has 0 atom stereocenters. The molecule has 46 heavy (non-hydrogen) atoms. The third kappa shape index (κ3) is 5.12. The highest BCUT2D eigenvalue weighted by molar-refractivity contribution is 5.85. The number of aromatic hydroxyl groups is 1. The van der Waals surface area contributed by atoms with Crippen LogP contribution in [0.5, 0.6) is 5.75 Å². The van der Waals surface area contributed by atoms with Crippen LogP contribution in [0, 0.1) is 0 Å². The highest BCUT2D eigenvalue weighted by Crippen LogP contribution is 2.38. The van der Waals surface area contributed by atoms with E-state index in [0.717, 1.165) is 61.7 Å². The summed E-state index contributed by atoms with van der Waals surface area (Å²) in [6.45, 7) is 0. The highest BCUT2D eigenvalue weighted by Gasteiger charge is 2.18. The number of phenols is 1. The number of pyridine rings is 2. The van der Waals surface area contributed by atoms with Gasteiger partial charge in [-0.3, -0.25) is 4.40 Å². The third-order valence-corrected chi connectivity index (χ3v) is 8.32. The average molecular weight is 592 g/mol. The zero-order chi connectivity index (χ0) is 30.9. The Morgan fingerprint density at radius 2 is 1.02 bits per heavy atom. The molecule has 4 heteroatoms. The molecule has 8 aromatic rings. The molecule has 0 saturated heterocycles. The standard InChI is InChI=1S/C42H29N3O/c46-39-28-32(29-13-4-1-5-14-29)22-23-36(39)38-27-35(30-15-6-2-7-16-30)26-37(43-38)33-19-12-20-34(25-33)41-42(31-17-8-3-9-18-31)45-24-11-10-21-40(45)44-41/h1-28,46H. The van der Waals surface area contributed by atoms with Crippen LogP contribution >= 0.6 is 0 Å². The number of hydrogen-bond donors (Lipinski definition) is 1. The minimum Gasteiger partial charge on any atom is -0.507 e. The molecule has 0 aliphatic heterocycles. The third-order valence-electron chi connectivity index (χ3n) is 8.32. The van der Waals surface area contributed by atoms with E-state index >= 15 is 0 Å². The highest BCUT2D eigenvalue weighted by atomic mass is 16.3. The van der Waals surface area contributed by atoms with Gasteiger partial charge in [-0.15, -0.1) is 0 Å². The average Bonchev–Trinajstić information content (AvgIpc) is 3.52. The first-order valence-corrected chi connectivity index (χ1v) is 15.3. The largest absolute Gasteiger partial charge is 0.507 e. The maximum absolute atomic E-state index is 11.3. The van der Waals surface area contributed by atoms with E-state index in [1.165, 1.54) is 0 Å². The Labute approximate surface area is 267 Å². The summed E-state index contributed by atoms with van der Waals surface area (Å²) in [7, 11) is 0. The number of nitrogens with zero attached hydrogens (tertiary/aromatic N) is 3. The van der Waals surface area contributed by atoms with Crippen LogP contribution in [0.4, 0.5) is 0 Å². The second-order valence-corrected chi connectivity index (χ2v) is 11.3. The molecule has 8 rings (SSSR count). The molecule has 1 N–H and O–H groups in total. The monoisotopic (exact) mass is 591 g/mol. The first kappa shape index (κ1) is 27.3. The maximum Gasteiger partial charge on any atom is 0.137 e. The zero-order valence-electron chi connectivity index (χ0n) is 25.0. The normalized spacial score (nSPS) is 11.1. The van der Waals surface area contributed by atoms with Crippen LogP contribution in [-0.4, -0.2) is 19.5 Å². The fourth-order valence-corrected chi connectivity index (χ4v) is 6.07. The lowest BCUT2D eigenvalue weighted by Crippen LogP contribution is -1.93. The van der Waals surface area contributed by atoms with Gasteiger partial charge < -0.3 is 5.11 Å². The van der Waals surface area contributed by atoms with Crippen molar-refractivity contribution in [3.05, 3.63) is 170 Å². The predicted molar refractivity (Wildman–Crippen MR) is 187 cm³/mol. The molecule has 0 fully saturated rings. The molecule has 0 unspecified atom stereocenters. The molecule has 0 amide bonds. The summed E-state index contributed by atoms with van der Waals surface area (Å²) in [5, 5.41) is 11.3. The van der Waals surface area contributed by atoms with E-state index in [9.17, 15) is 5.11 Å². The fraction of sp³-hybridized carbons (Fsp3) is 0. The smallest absolute Gasteiger partial charge is 0.137 e. The van der Waals surface area contributed by atoms with Crippen molar-refractivity contribution in [2.45, 2.75) is 0 Å². The molecule has 5 aromatic carbocycles. The molecule has 0 saturated carbocycles. The molecule has 0 radical (unpaired) electrons. The van der Waals surface area contributed by atoms with Gasteiger partial charge in [-0.05, 0) is 64.7 Å². The van der Waals surface area contributed by atoms with Crippen molar-refractivity contribution in [1.82, 2.24) is 14.4 Å². The minimum absolute atomic E-state index is 0.191. The maximum atomic E-state index is 11.3. The number of aromatic nitrogens is 3. The number of imidazole rings is 1. The Balaban J connectivity index is 1.28. The summed E-state index contributed by atoms with van der Waals surface area (Å²) >= 11 is 0. The predicted octanol–water partition coefficient (Wildman–Crippen LogP) is 10.4. The van der Waals surface area contributed by atoms with Crippen molar-refractivity contribution in [1.29, 1.82) is 0 Å². The van der Waals surface area contributed by atoms with Crippen molar-refractivity contribution < 1.29 is 5.11 Å². The molecule has 3 heterocycles. The van der Waals surface area contributed by atoms with Gasteiger partial charge in [-0.1, -0.05) is 121 Å². The van der Waals surface area contributed by atoms with Crippen molar-refractivity contribution in [2.24, 2.45) is 0 Å². The second-order valence-electron chi connectivity index (χ2n) is 11.3. The van der Waals surface area contributed by atoms with E-state index in [4.69, 9.17) is 9.97 Å². The molecule has 0 bridgehead atoms. The summed E-state index contributed by atoms with van der Waals surface area (Å²) in [5.41, 5.74) is 12.2. The van der Waals surface area contributed by atoms with Gasteiger partial charge in [0.2, 0.25) is 0 Å². The van der Waals surface area contributed by atoms with Gasteiger partial charge in [0, 0.05) is 28.5 Å². The number of hydrogen-bond acceptors (Lipinski definition) is 3. The summed E-state index contributed by atoms with van der Waals surface area (Å²) in [6, 6.07) is 55.2. The quantitative estimate of drug-likeness (QED) is 0.209. The number of phenolic OH excluding ortho intramolecular Hbond substituents is 1. The SMILES string of the molecule is Oc1cc(-c2ccccc2)ccc1-c1cc(-c2ccccc2)cc(-c2cccc(-c3nc4ccccn4c3-c3ccccc3)c2)n1. The molecule has 218 valence electrons. The van der Waals surface area contributed by atoms with Crippen LogP contribution in [0.3, 0.4) is 0 Å². The Morgan fingerprint density at radius 3 is 1.74 bits per heavy atom. The Kier molecular flexibility index (Phi) is 6.93. The molecular weight excluding hydrogens is 562 g/mol. The van der Waals surface area contributed by atoms with Gasteiger partial charge in [0.05, 0.1) is 22.8 Å². The van der Waals surface area contributed by atoms with Crippen molar-refractivity contribution in [2.75, 3.05) is 0 Å². The van der Waals surface area contributed by atoms with Gasteiger partial charge in [-0.2, -0.15) is 0 Å². The van der Waals surface area contributed by atoms with E-state index < -0.39 is 0 Å². The van der Waals surface area contributed by atoms with E-state index in [2.05, 4.69) is 83.4 Å². The molecule has 3 aromatic heterocycles. The van der Waals surface area contributed by atoms with Gasteiger partial charge >= 0.3 is 0 Å². The summed E-state index contributed by atoms with van der Waals surface area (Å²) in [5.74, 6) is 0.191. The Morgan fingerprint density at radius 1 is 0.413 bits per heavy atom. The van der Waals surface area contributed by atoms with E-state index in [1.54, 1.807) is 0 Å². The number of benzene rings is 5. The fourth-order valence-electron chi connectivity index (χ4n) is 6.07. The summed E-state index contributed by atoms with van der Waals surface area (Å²) in [4.78, 5) is 10.2. The van der Waals surface area contributed by atoms with Crippen molar-refractivity contribution in [3.8, 4) is 73.0 Å². The topological polar surface area (TPSA) is 50.4 Å². The Bertz CT molecular complexity index is 2310. The van der Waals surface area contributed by atoms with Gasteiger partial charge in [0.15, 0.2) is 0 Å². The van der Waals surface area contributed by atoms with E-state index in [0.29, 0.717) is 11.3 Å². The van der Waals surface area contributed by atoms with E-state index in [1.807, 2.05) is 91.0 Å². The lowest BCUT2D eigenvalue weighted by molar-refractivity contribution is 0.477. The zero-order valence-corrected chi connectivity index (χ0v) is 25.0. The molecule has 0 aliphatic carbocycles. The summed E-state index contributed by atoms with van der Waals surface area (Å²) < 4.78 is 2.14. The summed E-state index contributed by atoms with van der Waals surface area (Å²) in [6.07, 6.45) is 2.06. The molecule has 0 spiro atoms. The van der Waals surface area contributed by atoms with Crippen LogP contribution in [0.15, 0.2) is 170 Å². The molecule has 4 nitrogen and oxygen atoms in total. The van der Waals surface area contributed by atoms with Crippen molar-refractivity contribution in [3.63, 3.8) is 0 Å². The van der Waals surface area contributed by atoms with Gasteiger partial charge in [0.25, 0.3) is 0 Å². The number of rotatable bonds is 6. The van der Waals surface area contributed by atoms with Crippen LogP contribution in [0.1, 0.15) is 0 Å². The van der Waals surface area contributed by atoms with Crippen LogP contribution < -0.4 is 0 Å². The van der Waals surface area contributed by atoms with Gasteiger partial charge in [-0.25, -0.2) is 9.97 Å². The van der Waals surface area contributed by atoms with Crippen LogP contribution in [0.25, 0.3) is 72.9 Å². The first-order valence-electron chi connectivity index (χ1n) is 15.3. The lowest BCUT2D eigenvalue weighted by atomic mass is 9.97.